The molecule has 72 valence electrons. The number of rotatable bonds is 5. The van der Waals surface area contributed by atoms with Crippen molar-refractivity contribution in [2.75, 3.05) is 5.88 Å². The Balaban J connectivity index is 4.07. The van der Waals surface area contributed by atoms with E-state index in [9.17, 15) is 4.79 Å². The summed E-state index contributed by atoms with van der Waals surface area (Å²) in [5, 5.41) is 35.5. The summed E-state index contributed by atoms with van der Waals surface area (Å²) in [6, 6.07) is 0. The molecule has 4 atom stereocenters. The highest BCUT2D eigenvalue weighted by Crippen LogP contribution is 2.04. The van der Waals surface area contributed by atoms with E-state index in [2.05, 4.69) is 0 Å². The molecule has 0 aliphatic rings. The van der Waals surface area contributed by atoms with Crippen molar-refractivity contribution in [1.82, 2.24) is 0 Å². The van der Waals surface area contributed by atoms with Crippen molar-refractivity contribution in [2.24, 2.45) is 0 Å². The highest BCUT2D eigenvalue weighted by atomic mass is 35.5. The molecule has 6 heteroatoms. The number of alkyl halides is 1. The van der Waals surface area contributed by atoms with Gasteiger partial charge in [0.2, 0.25) is 0 Å². The quantitative estimate of drug-likeness (QED) is 0.299. The fourth-order valence-electron chi connectivity index (χ4n) is 0.601. The molecule has 0 aliphatic heterocycles. The lowest BCUT2D eigenvalue weighted by Crippen LogP contribution is -2.45. The van der Waals surface area contributed by atoms with E-state index in [1.54, 1.807) is 0 Å². The maximum Gasteiger partial charge on any atom is 0.151 e. The Morgan fingerprint density at radius 3 is 2.00 bits per heavy atom. The van der Waals surface area contributed by atoms with Crippen LogP contribution < -0.4 is 0 Å². The third-order valence-electron chi connectivity index (χ3n) is 1.39. The van der Waals surface area contributed by atoms with E-state index in [1.807, 2.05) is 0 Å². The highest BCUT2D eigenvalue weighted by molar-refractivity contribution is 6.18. The molecule has 5 nitrogen and oxygen atoms in total. The molecule has 0 saturated heterocycles. The van der Waals surface area contributed by atoms with Gasteiger partial charge in [-0.05, 0) is 0 Å². The van der Waals surface area contributed by atoms with Crippen LogP contribution in [0.25, 0.3) is 0 Å². The van der Waals surface area contributed by atoms with E-state index in [1.165, 1.54) is 0 Å². The monoisotopic (exact) mass is 198 g/mol. The largest absolute Gasteiger partial charge is 0.389 e. The number of aliphatic hydroxyl groups excluding tert-OH is 4. The van der Waals surface area contributed by atoms with Gasteiger partial charge >= 0.3 is 0 Å². The highest BCUT2D eigenvalue weighted by Gasteiger charge is 2.29. The van der Waals surface area contributed by atoms with Crippen molar-refractivity contribution in [2.45, 2.75) is 24.4 Å². The Morgan fingerprint density at radius 1 is 1.17 bits per heavy atom. The zero-order valence-corrected chi connectivity index (χ0v) is 6.92. The predicted octanol–water partition coefficient (Wildman–Crippen LogP) is -2.13. The Bertz CT molecular complexity index is 142. The lowest BCUT2D eigenvalue weighted by atomic mass is 10.1. The van der Waals surface area contributed by atoms with Gasteiger partial charge in [0, 0.05) is 0 Å². The number of carbonyl (C=O) groups excluding carboxylic acids is 1. The first-order chi connectivity index (χ1) is 5.54. The predicted molar refractivity (Wildman–Crippen MR) is 40.8 cm³/mol. The van der Waals surface area contributed by atoms with Gasteiger partial charge in [-0.2, -0.15) is 0 Å². The number of carbonyl (C=O) groups is 1. The van der Waals surface area contributed by atoms with E-state index < -0.39 is 24.4 Å². The maximum atomic E-state index is 9.93. The lowest BCUT2D eigenvalue weighted by Gasteiger charge is -2.22. The number of aliphatic hydroxyl groups is 4. The lowest BCUT2D eigenvalue weighted by molar-refractivity contribution is -0.132. The number of halogens is 1. The van der Waals surface area contributed by atoms with Gasteiger partial charge in [-0.15, -0.1) is 11.6 Å². The zero-order valence-electron chi connectivity index (χ0n) is 6.17. The number of aldehydes is 1. The molecule has 0 unspecified atom stereocenters. The van der Waals surface area contributed by atoms with Crippen molar-refractivity contribution in [3.05, 3.63) is 0 Å². The Hall–Kier alpha value is -0.200. The molecule has 0 aromatic heterocycles. The van der Waals surface area contributed by atoms with E-state index in [-0.39, 0.29) is 12.2 Å². The van der Waals surface area contributed by atoms with Crippen LogP contribution in [0.2, 0.25) is 0 Å². The number of hydrogen-bond acceptors (Lipinski definition) is 5. The van der Waals surface area contributed by atoms with Crippen LogP contribution in [0, 0.1) is 0 Å². The third-order valence-corrected chi connectivity index (χ3v) is 1.71. The van der Waals surface area contributed by atoms with Crippen LogP contribution in [0.15, 0.2) is 0 Å². The summed E-state index contributed by atoms with van der Waals surface area (Å²) in [7, 11) is 0. The summed E-state index contributed by atoms with van der Waals surface area (Å²) in [5.41, 5.74) is 0. The average Bonchev–Trinajstić information content (AvgIpc) is 2.12. The summed E-state index contributed by atoms with van der Waals surface area (Å²) < 4.78 is 0. The van der Waals surface area contributed by atoms with Gasteiger partial charge in [0.1, 0.15) is 18.3 Å². The van der Waals surface area contributed by atoms with Gasteiger partial charge in [-0.3, -0.25) is 0 Å². The van der Waals surface area contributed by atoms with Crippen LogP contribution in [-0.4, -0.2) is 57.0 Å². The smallest absolute Gasteiger partial charge is 0.151 e. The Kier molecular flexibility index (Phi) is 5.36. The molecule has 12 heavy (non-hydrogen) atoms. The van der Waals surface area contributed by atoms with Crippen LogP contribution in [0.5, 0.6) is 0 Å². The summed E-state index contributed by atoms with van der Waals surface area (Å²) in [5.74, 6) is -0.288. The van der Waals surface area contributed by atoms with Gasteiger partial charge in [-0.1, -0.05) is 0 Å². The second-order valence-corrected chi connectivity index (χ2v) is 2.64. The Morgan fingerprint density at radius 2 is 1.67 bits per heavy atom. The molecular formula is C6H11ClO5. The molecular weight excluding hydrogens is 188 g/mol. The SMILES string of the molecule is O=C[C@@H](O)[C@H](O)[C@H](O)[C@@H](O)CCl. The van der Waals surface area contributed by atoms with Gasteiger partial charge in [0.05, 0.1) is 12.0 Å². The standard InChI is InChI=1S/C6H11ClO5/c7-1-3(9)5(11)6(12)4(10)2-8/h2-6,9-12H,1H2/t3-,4+,5+,6-/m0/s1. The van der Waals surface area contributed by atoms with Crippen LogP contribution >= 0.6 is 11.6 Å². The first-order valence-electron chi connectivity index (χ1n) is 3.28. The summed E-state index contributed by atoms with van der Waals surface area (Å²) in [6.45, 7) is 0. The molecule has 0 fully saturated rings. The molecule has 0 heterocycles. The zero-order chi connectivity index (χ0) is 9.72. The molecule has 0 bridgehead atoms. The second-order valence-electron chi connectivity index (χ2n) is 2.33. The fourth-order valence-corrected chi connectivity index (χ4v) is 0.784. The summed E-state index contributed by atoms with van der Waals surface area (Å²) in [6.07, 6.45) is -6.34. The van der Waals surface area contributed by atoms with Gasteiger partial charge < -0.3 is 25.2 Å². The van der Waals surface area contributed by atoms with Crippen LogP contribution in [-0.2, 0) is 4.79 Å². The van der Waals surface area contributed by atoms with Crippen molar-refractivity contribution < 1.29 is 25.2 Å². The van der Waals surface area contributed by atoms with Gasteiger partial charge in [-0.25, -0.2) is 0 Å². The molecule has 0 rings (SSSR count). The number of hydrogen-bond donors (Lipinski definition) is 4. The van der Waals surface area contributed by atoms with Crippen molar-refractivity contribution in [1.29, 1.82) is 0 Å². The minimum atomic E-state index is -1.71. The second kappa shape index (κ2) is 5.45. The topological polar surface area (TPSA) is 98.0 Å². The van der Waals surface area contributed by atoms with Crippen molar-refractivity contribution in [3.63, 3.8) is 0 Å². The third kappa shape index (κ3) is 3.04. The van der Waals surface area contributed by atoms with E-state index in [4.69, 9.17) is 32.0 Å². The Labute approximate surface area is 74.2 Å². The molecule has 0 aliphatic carbocycles. The molecule has 0 spiro atoms. The fraction of sp³-hybridized carbons (Fsp3) is 0.833. The van der Waals surface area contributed by atoms with Gasteiger partial charge in [0.15, 0.2) is 6.29 Å². The van der Waals surface area contributed by atoms with E-state index >= 15 is 0 Å². The average molecular weight is 199 g/mol. The van der Waals surface area contributed by atoms with Gasteiger partial charge in [0.25, 0.3) is 0 Å². The molecule has 4 N–H and O–H groups in total. The molecule has 0 radical (unpaired) electrons. The first-order valence-corrected chi connectivity index (χ1v) is 3.81. The van der Waals surface area contributed by atoms with Crippen molar-refractivity contribution >= 4 is 17.9 Å². The van der Waals surface area contributed by atoms with E-state index in [0.717, 1.165) is 0 Å². The van der Waals surface area contributed by atoms with Crippen LogP contribution in [0.3, 0.4) is 0 Å². The molecule has 0 saturated carbocycles. The van der Waals surface area contributed by atoms with Crippen LogP contribution in [0.4, 0.5) is 0 Å². The normalized spacial score (nSPS) is 21.1. The van der Waals surface area contributed by atoms with E-state index in [0.29, 0.717) is 0 Å². The summed E-state index contributed by atoms with van der Waals surface area (Å²) in [4.78, 5) is 9.93. The minimum Gasteiger partial charge on any atom is -0.389 e. The maximum absolute atomic E-state index is 9.93. The first kappa shape index (κ1) is 11.8. The van der Waals surface area contributed by atoms with Crippen molar-refractivity contribution in [3.8, 4) is 0 Å². The molecule has 0 aromatic rings. The van der Waals surface area contributed by atoms with Crippen LogP contribution in [0.1, 0.15) is 0 Å². The molecule has 0 aromatic carbocycles. The molecule has 0 amide bonds. The summed E-state index contributed by atoms with van der Waals surface area (Å²) >= 11 is 5.15. The minimum absolute atomic E-state index is 0.0643.